The van der Waals surface area contributed by atoms with Crippen LogP contribution >= 0.6 is 24.0 Å². The van der Waals surface area contributed by atoms with E-state index in [1.54, 1.807) is 4.90 Å². The summed E-state index contributed by atoms with van der Waals surface area (Å²) in [4.78, 5) is 32.7. The minimum atomic E-state index is -0.500. The van der Waals surface area contributed by atoms with E-state index in [0.717, 1.165) is 36.9 Å². The number of nitrogens with zero attached hydrogens (tertiary/aromatic N) is 3. The number of halogens is 1. The molecule has 0 bridgehead atoms. The molecule has 1 heterocycles. The van der Waals surface area contributed by atoms with Crippen LogP contribution in [0.5, 0.6) is 0 Å². The topological polar surface area (TPSA) is 100 Å². The molecule has 9 heteroatoms. The summed E-state index contributed by atoms with van der Waals surface area (Å²) in [7, 11) is 0. The Bertz CT molecular complexity index is 810. The fourth-order valence-electron chi connectivity index (χ4n) is 3.90. The van der Waals surface area contributed by atoms with Crippen LogP contribution in [-0.2, 0) is 16.1 Å². The zero-order valence-electron chi connectivity index (χ0n) is 19.3. The van der Waals surface area contributed by atoms with Crippen LogP contribution in [0.3, 0.4) is 0 Å². The van der Waals surface area contributed by atoms with Gasteiger partial charge in [-0.1, -0.05) is 25.0 Å². The first kappa shape index (κ1) is 26.2. The Morgan fingerprint density at radius 3 is 2.38 bits per heavy atom. The summed E-state index contributed by atoms with van der Waals surface area (Å²) < 4.78 is 5.43. The Labute approximate surface area is 208 Å². The van der Waals surface area contributed by atoms with Gasteiger partial charge in [0.1, 0.15) is 5.60 Å². The molecule has 3 N–H and O–H groups in total. The first-order valence-corrected chi connectivity index (χ1v) is 11.1. The first-order valence-electron chi connectivity index (χ1n) is 11.1. The second-order valence-corrected chi connectivity index (χ2v) is 9.30. The summed E-state index contributed by atoms with van der Waals surface area (Å²) in [6.07, 6.45) is 3.94. The smallest absolute Gasteiger partial charge is 0.410 e. The van der Waals surface area contributed by atoms with E-state index in [2.05, 4.69) is 10.3 Å². The number of ether oxygens (including phenoxy) is 1. The van der Waals surface area contributed by atoms with Gasteiger partial charge < -0.3 is 25.6 Å². The zero-order valence-corrected chi connectivity index (χ0v) is 21.6. The maximum absolute atomic E-state index is 12.3. The van der Waals surface area contributed by atoms with Crippen LogP contribution in [0, 0.1) is 5.92 Å². The number of carbonyl (C=O) groups is 2. The molecule has 1 saturated heterocycles. The van der Waals surface area contributed by atoms with E-state index in [1.807, 2.05) is 49.9 Å². The Morgan fingerprint density at radius 1 is 1.12 bits per heavy atom. The van der Waals surface area contributed by atoms with E-state index >= 15 is 0 Å². The van der Waals surface area contributed by atoms with Crippen LogP contribution in [0.2, 0.25) is 0 Å². The van der Waals surface area contributed by atoms with Crippen molar-refractivity contribution < 1.29 is 14.3 Å². The number of benzene rings is 1. The van der Waals surface area contributed by atoms with Crippen LogP contribution < -0.4 is 11.1 Å². The molecule has 0 radical (unpaired) electrons. The summed E-state index contributed by atoms with van der Waals surface area (Å²) >= 11 is 0. The molecule has 0 atom stereocenters. The molecule has 178 valence electrons. The van der Waals surface area contributed by atoms with Gasteiger partial charge in [-0.3, -0.25) is 4.79 Å². The fourth-order valence-corrected chi connectivity index (χ4v) is 3.90. The van der Waals surface area contributed by atoms with E-state index in [4.69, 9.17) is 10.5 Å². The molecule has 1 aliphatic carbocycles. The molecular weight excluding hydrogens is 521 g/mol. The minimum absolute atomic E-state index is 0. The normalized spacial score (nSPS) is 17.7. The lowest BCUT2D eigenvalue weighted by molar-refractivity contribution is -0.119. The Hall–Kier alpha value is -2.04. The number of nitrogens with one attached hydrogen (secondary N) is 1. The number of carbonyl (C=O) groups excluding carboxylic acids is 2. The van der Waals surface area contributed by atoms with E-state index in [0.29, 0.717) is 38.7 Å². The molecule has 8 nitrogen and oxygen atoms in total. The highest BCUT2D eigenvalue weighted by Crippen LogP contribution is 2.26. The number of aliphatic imine (C=N–C) groups is 1. The van der Waals surface area contributed by atoms with E-state index in [9.17, 15) is 9.59 Å². The Kier molecular flexibility index (Phi) is 9.60. The lowest BCUT2D eigenvalue weighted by Gasteiger charge is -2.36. The van der Waals surface area contributed by atoms with Gasteiger partial charge in [-0.2, -0.15) is 0 Å². The molecule has 1 aromatic carbocycles. The quantitative estimate of drug-likeness (QED) is 0.333. The first-order chi connectivity index (χ1) is 14.7. The number of hydrogen-bond donors (Lipinski definition) is 2. The average molecular weight is 557 g/mol. The third kappa shape index (κ3) is 7.83. The molecule has 2 amide bonds. The molecule has 1 aromatic rings. The van der Waals surface area contributed by atoms with Crippen molar-refractivity contribution in [2.75, 3.05) is 31.5 Å². The standard InChI is InChI=1S/C23H35N5O3.HI/c1-23(2,3)31-22(30)28-13-11-27(12-14-28)21(24)25-16-17-7-6-10-19(15-17)26-20(29)18-8-4-5-9-18;/h6-7,10,15,18H,4-5,8-9,11-14,16H2,1-3H3,(H2,24,25)(H,26,29);1H. The second kappa shape index (κ2) is 11.7. The molecule has 32 heavy (non-hydrogen) atoms. The molecule has 0 spiro atoms. The van der Waals surface area contributed by atoms with Crippen molar-refractivity contribution in [2.45, 2.75) is 58.6 Å². The van der Waals surface area contributed by atoms with Crippen LogP contribution in [0.1, 0.15) is 52.0 Å². The summed E-state index contributed by atoms with van der Waals surface area (Å²) in [5, 5.41) is 3.03. The summed E-state index contributed by atoms with van der Waals surface area (Å²) in [6.45, 7) is 8.36. The number of piperazine rings is 1. The summed E-state index contributed by atoms with van der Waals surface area (Å²) in [5.74, 6) is 0.710. The third-order valence-electron chi connectivity index (χ3n) is 5.60. The molecule has 0 aromatic heterocycles. The molecule has 3 rings (SSSR count). The van der Waals surface area contributed by atoms with E-state index in [1.165, 1.54) is 0 Å². The number of hydrogen-bond acceptors (Lipinski definition) is 4. The SMILES string of the molecule is CC(C)(C)OC(=O)N1CCN(C(N)=NCc2cccc(NC(=O)C3CCCC3)c2)CC1.I. The van der Waals surface area contributed by atoms with Gasteiger partial charge in [0.15, 0.2) is 5.96 Å². The number of anilines is 1. The largest absolute Gasteiger partial charge is 0.444 e. The second-order valence-electron chi connectivity index (χ2n) is 9.30. The molecule has 1 saturated carbocycles. The highest BCUT2D eigenvalue weighted by atomic mass is 127. The molecule has 2 fully saturated rings. The van der Waals surface area contributed by atoms with Crippen LogP contribution in [0.15, 0.2) is 29.3 Å². The van der Waals surface area contributed by atoms with Gasteiger partial charge in [0.25, 0.3) is 0 Å². The van der Waals surface area contributed by atoms with Crippen molar-refractivity contribution in [3.05, 3.63) is 29.8 Å². The molecular formula is C23H36IN5O3. The van der Waals surface area contributed by atoms with Crippen molar-refractivity contribution in [1.29, 1.82) is 0 Å². The molecule has 2 aliphatic rings. The van der Waals surface area contributed by atoms with Crippen LogP contribution in [0.25, 0.3) is 0 Å². The van der Waals surface area contributed by atoms with Crippen molar-refractivity contribution in [2.24, 2.45) is 16.6 Å². The Balaban J connectivity index is 0.00000363. The lowest BCUT2D eigenvalue weighted by atomic mass is 10.1. The highest BCUT2D eigenvalue weighted by molar-refractivity contribution is 14.0. The van der Waals surface area contributed by atoms with Gasteiger partial charge in [-0.05, 0) is 51.3 Å². The van der Waals surface area contributed by atoms with Crippen molar-refractivity contribution in [3.63, 3.8) is 0 Å². The maximum atomic E-state index is 12.3. The van der Waals surface area contributed by atoms with Gasteiger partial charge in [-0.15, -0.1) is 24.0 Å². The number of nitrogens with two attached hydrogens (primary N) is 1. The van der Waals surface area contributed by atoms with Crippen molar-refractivity contribution >= 4 is 47.6 Å². The highest BCUT2D eigenvalue weighted by Gasteiger charge is 2.26. The predicted molar refractivity (Wildman–Crippen MR) is 137 cm³/mol. The summed E-state index contributed by atoms with van der Waals surface area (Å²) in [5.41, 5.74) is 7.48. The van der Waals surface area contributed by atoms with Gasteiger partial charge in [-0.25, -0.2) is 9.79 Å². The number of amides is 2. The van der Waals surface area contributed by atoms with Crippen molar-refractivity contribution in [1.82, 2.24) is 9.80 Å². The maximum Gasteiger partial charge on any atom is 0.410 e. The monoisotopic (exact) mass is 557 g/mol. The minimum Gasteiger partial charge on any atom is -0.444 e. The fraction of sp³-hybridized carbons (Fsp3) is 0.609. The van der Waals surface area contributed by atoms with Crippen LogP contribution in [0.4, 0.5) is 10.5 Å². The number of rotatable bonds is 4. The van der Waals surface area contributed by atoms with Crippen molar-refractivity contribution in [3.8, 4) is 0 Å². The van der Waals surface area contributed by atoms with Gasteiger partial charge in [0, 0.05) is 37.8 Å². The third-order valence-corrected chi connectivity index (χ3v) is 5.60. The Morgan fingerprint density at radius 2 is 1.75 bits per heavy atom. The number of guanidine groups is 1. The molecule has 0 unspecified atom stereocenters. The zero-order chi connectivity index (χ0) is 22.4. The van der Waals surface area contributed by atoms with E-state index in [-0.39, 0.29) is 41.9 Å². The van der Waals surface area contributed by atoms with Gasteiger partial charge in [0.2, 0.25) is 5.91 Å². The molecule has 1 aliphatic heterocycles. The van der Waals surface area contributed by atoms with E-state index < -0.39 is 5.60 Å². The van der Waals surface area contributed by atoms with Crippen LogP contribution in [-0.4, -0.2) is 59.5 Å². The summed E-state index contributed by atoms with van der Waals surface area (Å²) in [6, 6.07) is 7.75. The van der Waals surface area contributed by atoms with Gasteiger partial charge in [0.05, 0.1) is 6.54 Å². The lowest BCUT2D eigenvalue weighted by Crippen LogP contribution is -2.53. The average Bonchev–Trinajstić information content (AvgIpc) is 3.26. The predicted octanol–water partition coefficient (Wildman–Crippen LogP) is 3.80. The van der Waals surface area contributed by atoms with Gasteiger partial charge >= 0.3 is 6.09 Å².